The SMILES string of the molecule is C=CCn1ccnc1Nc1cc(F)cc(Cl)c1. The number of nitrogens with one attached hydrogen (secondary N) is 1. The molecule has 1 N–H and O–H groups in total. The van der Waals surface area contributed by atoms with Crippen molar-refractivity contribution in [1.82, 2.24) is 9.55 Å². The Bertz CT molecular complexity index is 516. The van der Waals surface area contributed by atoms with E-state index in [2.05, 4.69) is 16.9 Å². The van der Waals surface area contributed by atoms with Gasteiger partial charge in [0.05, 0.1) is 0 Å². The molecule has 2 rings (SSSR count). The normalized spacial score (nSPS) is 10.2. The quantitative estimate of drug-likeness (QED) is 0.842. The smallest absolute Gasteiger partial charge is 0.207 e. The minimum absolute atomic E-state index is 0.342. The van der Waals surface area contributed by atoms with Gasteiger partial charge in [-0.1, -0.05) is 17.7 Å². The van der Waals surface area contributed by atoms with Crippen LogP contribution in [0.2, 0.25) is 5.02 Å². The summed E-state index contributed by atoms with van der Waals surface area (Å²) >= 11 is 5.77. The molecule has 0 aliphatic heterocycles. The molecule has 0 aliphatic rings. The molecule has 0 spiro atoms. The maximum Gasteiger partial charge on any atom is 0.207 e. The molecular formula is C12H11ClFN3. The first-order valence-electron chi connectivity index (χ1n) is 5.04. The molecule has 0 aliphatic carbocycles. The summed E-state index contributed by atoms with van der Waals surface area (Å²) in [5, 5.41) is 3.34. The second-order valence-electron chi connectivity index (χ2n) is 3.48. The molecule has 2 aromatic rings. The lowest BCUT2D eigenvalue weighted by atomic mass is 10.3. The summed E-state index contributed by atoms with van der Waals surface area (Å²) in [6.07, 6.45) is 5.23. The third-order valence-corrected chi connectivity index (χ3v) is 2.38. The van der Waals surface area contributed by atoms with Gasteiger partial charge in [-0.15, -0.1) is 6.58 Å². The topological polar surface area (TPSA) is 29.9 Å². The van der Waals surface area contributed by atoms with Crippen molar-refractivity contribution in [2.24, 2.45) is 0 Å². The van der Waals surface area contributed by atoms with Crippen molar-refractivity contribution >= 4 is 23.2 Å². The second kappa shape index (κ2) is 5.01. The van der Waals surface area contributed by atoms with Crippen molar-refractivity contribution < 1.29 is 4.39 Å². The van der Waals surface area contributed by atoms with E-state index in [-0.39, 0.29) is 5.82 Å². The summed E-state index contributed by atoms with van der Waals surface area (Å²) in [5.41, 5.74) is 0.562. The van der Waals surface area contributed by atoms with Gasteiger partial charge >= 0.3 is 0 Å². The molecule has 1 heterocycles. The van der Waals surface area contributed by atoms with Crippen LogP contribution in [-0.2, 0) is 6.54 Å². The number of hydrogen-bond donors (Lipinski definition) is 1. The van der Waals surface area contributed by atoms with Gasteiger partial charge in [-0.25, -0.2) is 9.37 Å². The summed E-state index contributed by atoms with van der Waals surface area (Å²) in [6, 6.07) is 4.25. The van der Waals surface area contributed by atoms with Gasteiger partial charge in [0.15, 0.2) is 0 Å². The molecule has 17 heavy (non-hydrogen) atoms. The number of rotatable bonds is 4. The van der Waals surface area contributed by atoms with E-state index in [0.717, 1.165) is 0 Å². The van der Waals surface area contributed by atoms with Crippen molar-refractivity contribution in [3.63, 3.8) is 0 Å². The molecule has 0 fully saturated rings. The Hall–Kier alpha value is -1.81. The number of allylic oxidation sites excluding steroid dienone is 1. The summed E-state index contributed by atoms with van der Waals surface area (Å²) in [7, 11) is 0. The lowest BCUT2D eigenvalue weighted by Gasteiger charge is -2.08. The van der Waals surface area contributed by atoms with E-state index < -0.39 is 0 Å². The maximum absolute atomic E-state index is 13.1. The highest BCUT2D eigenvalue weighted by Crippen LogP contribution is 2.21. The number of aromatic nitrogens is 2. The first kappa shape index (κ1) is 11.7. The van der Waals surface area contributed by atoms with Crippen LogP contribution < -0.4 is 5.32 Å². The highest BCUT2D eigenvalue weighted by molar-refractivity contribution is 6.30. The summed E-state index contributed by atoms with van der Waals surface area (Å²) in [4.78, 5) is 4.13. The fraction of sp³-hybridized carbons (Fsp3) is 0.0833. The zero-order valence-electron chi connectivity index (χ0n) is 9.03. The van der Waals surface area contributed by atoms with Gasteiger partial charge in [0.25, 0.3) is 0 Å². The summed E-state index contributed by atoms with van der Waals surface area (Å²) in [6.45, 7) is 4.28. The predicted octanol–water partition coefficient (Wildman–Crippen LogP) is 3.61. The molecule has 1 aromatic heterocycles. The number of nitrogens with zero attached hydrogens (tertiary/aromatic N) is 2. The van der Waals surface area contributed by atoms with Crippen LogP contribution in [0.5, 0.6) is 0 Å². The number of benzene rings is 1. The molecule has 0 radical (unpaired) electrons. The molecule has 88 valence electrons. The second-order valence-corrected chi connectivity index (χ2v) is 3.91. The van der Waals surface area contributed by atoms with Crippen LogP contribution in [0.1, 0.15) is 0 Å². The van der Waals surface area contributed by atoms with Gasteiger partial charge in [0, 0.05) is 29.6 Å². The summed E-state index contributed by atoms with van der Waals surface area (Å²) < 4.78 is 15.0. The van der Waals surface area contributed by atoms with Gasteiger partial charge in [0.1, 0.15) is 5.82 Å². The van der Waals surface area contributed by atoms with Crippen molar-refractivity contribution in [2.45, 2.75) is 6.54 Å². The highest BCUT2D eigenvalue weighted by Gasteiger charge is 2.04. The maximum atomic E-state index is 13.1. The van der Waals surface area contributed by atoms with E-state index >= 15 is 0 Å². The Kier molecular flexibility index (Phi) is 3.44. The molecule has 3 nitrogen and oxygen atoms in total. The molecule has 0 saturated carbocycles. The van der Waals surface area contributed by atoms with Crippen molar-refractivity contribution in [1.29, 1.82) is 0 Å². The number of imidazole rings is 1. The molecule has 0 unspecified atom stereocenters. The molecule has 0 bridgehead atoms. The van der Waals surface area contributed by atoms with Gasteiger partial charge in [-0.05, 0) is 18.2 Å². The molecular weight excluding hydrogens is 241 g/mol. The van der Waals surface area contributed by atoms with E-state index in [1.807, 2.05) is 10.8 Å². The van der Waals surface area contributed by atoms with Crippen LogP contribution >= 0.6 is 11.6 Å². The third-order valence-electron chi connectivity index (χ3n) is 2.16. The minimum atomic E-state index is -0.387. The molecule has 0 saturated heterocycles. The molecule has 5 heteroatoms. The van der Waals surface area contributed by atoms with Crippen molar-refractivity contribution in [2.75, 3.05) is 5.32 Å². The van der Waals surface area contributed by atoms with E-state index in [1.165, 1.54) is 12.1 Å². The lowest BCUT2D eigenvalue weighted by molar-refractivity contribution is 0.628. The zero-order chi connectivity index (χ0) is 12.3. The first-order chi connectivity index (χ1) is 8.19. The van der Waals surface area contributed by atoms with E-state index in [1.54, 1.807) is 18.3 Å². The summed E-state index contributed by atoms with van der Waals surface area (Å²) in [5.74, 6) is 0.230. The monoisotopic (exact) mass is 251 g/mol. The zero-order valence-corrected chi connectivity index (χ0v) is 9.78. The van der Waals surface area contributed by atoms with E-state index in [0.29, 0.717) is 23.2 Å². The number of hydrogen-bond acceptors (Lipinski definition) is 2. The molecule has 1 aromatic carbocycles. The largest absolute Gasteiger partial charge is 0.325 e. The average Bonchev–Trinajstić information content (AvgIpc) is 2.65. The van der Waals surface area contributed by atoms with Crippen LogP contribution in [0.15, 0.2) is 43.2 Å². The van der Waals surface area contributed by atoms with Crippen LogP contribution in [0.25, 0.3) is 0 Å². The molecule has 0 amide bonds. The Labute approximate surface area is 104 Å². The number of anilines is 2. The number of halogens is 2. The van der Waals surface area contributed by atoms with E-state index in [9.17, 15) is 4.39 Å². The highest BCUT2D eigenvalue weighted by atomic mass is 35.5. The Morgan fingerprint density at radius 3 is 3.00 bits per heavy atom. The van der Waals surface area contributed by atoms with Gasteiger partial charge in [-0.2, -0.15) is 0 Å². The fourth-order valence-corrected chi connectivity index (χ4v) is 1.70. The Balaban J connectivity index is 2.24. The van der Waals surface area contributed by atoms with Crippen molar-refractivity contribution in [3.8, 4) is 0 Å². The van der Waals surface area contributed by atoms with Gasteiger partial charge in [-0.3, -0.25) is 0 Å². The Morgan fingerprint density at radius 1 is 1.47 bits per heavy atom. The van der Waals surface area contributed by atoms with Crippen LogP contribution in [0, 0.1) is 5.82 Å². The fourth-order valence-electron chi connectivity index (χ4n) is 1.47. The minimum Gasteiger partial charge on any atom is -0.325 e. The first-order valence-corrected chi connectivity index (χ1v) is 5.42. The van der Waals surface area contributed by atoms with Crippen LogP contribution in [0.4, 0.5) is 16.0 Å². The van der Waals surface area contributed by atoms with E-state index in [4.69, 9.17) is 11.6 Å². The average molecular weight is 252 g/mol. The van der Waals surface area contributed by atoms with Crippen LogP contribution in [0.3, 0.4) is 0 Å². The predicted molar refractivity (Wildman–Crippen MR) is 67.1 cm³/mol. The molecule has 0 atom stereocenters. The van der Waals surface area contributed by atoms with Crippen molar-refractivity contribution in [3.05, 3.63) is 54.1 Å². The van der Waals surface area contributed by atoms with Gasteiger partial charge in [0.2, 0.25) is 5.95 Å². The third kappa shape index (κ3) is 2.85. The van der Waals surface area contributed by atoms with Gasteiger partial charge < -0.3 is 9.88 Å². The Morgan fingerprint density at radius 2 is 2.29 bits per heavy atom. The van der Waals surface area contributed by atoms with Crippen LogP contribution in [-0.4, -0.2) is 9.55 Å². The lowest BCUT2D eigenvalue weighted by Crippen LogP contribution is -2.02. The standard InChI is InChI=1S/C12H11ClFN3/c1-2-4-17-5-3-15-12(17)16-11-7-9(13)6-10(14)8-11/h2-3,5-8H,1,4H2,(H,15,16).